The van der Waals surface area contributed by atoms with Crippen molar-refractivity contribution in [2.24, 2.45) is 0 Å². The SMILES string of the molecule is Cc1noc([C@@H]2CN(c3c(F)cc(C#N)cc3F)CCN2C)n1. The van der Waals surface area contributed by atoms with Crippen LogP contribution in [0.25, 0.3) is 0 Å². The summed E-state index contributed by atoms with van der Waals surface area (Å²) in [5, 5.41) is 12.6. The number of hydrogen-bond donors (Lipinski definition) is 0. The molecule has 1 saturated heterocycles. The van der Waals surface area contributed by atoms with Crippen LogP contribution in [0.3, 0.4) is 0 Å². The molecule has 8 heteroatoms. The summed E-state index contributed by atoms with van der Waals surface area (Å²) in [6, 6.07) is 3.58. The fraction of sp³-hybridized carbons (Fsp3) is 0.400. The quantitative estimate of drug-likeness (QED) is 0.843. The zero-order chi connectivity index (χ0) is 16.6. The second kappa shape index (κ2) is 5.93. The van der Waals surface area contributed by atoms with Crippen molar-refractivity contribution >= 4 is 5.69 Å². The molecule has 1 fully saturated rings. The third kappa shape index (κ3) is 2.87. The number of piperazine rings is 1. The van der Waals surface area contributed by atoms with Crippen molar-refractivity contribution in [1.82, 2.24) is 15.0 Å². The van der Waals surface area contributed by atoms with E-state index < -0.39 is 11.6 Å². The first-order valence-electron chi connectivity index (χ1n) is 7.14. The molecule has 0 saturated carbocycles. The Hall–Kier alpha value is -2.53. The van der Waals surface area contributed by atoms with Gasteiger partial charge < -0.3 is 9.42 Å². The number of anilines is 1. The van der Waals surface area contributed by atoms with Crippen LogP contribution in [-0.4, -0.2) is 41.7 Å². The van der Waals surface area contributed by atoms with E-state index in [1.807, 2.05) is 11.9 Å². The Labute approximate surface area is 131 Å². The average molecular weight is 319 g/mol. The van der Waals surface area contributed by atoms with Gasteiger partial charge in [-0.25, -0.2) is 8.78 Å². The van der Waals surface area contributed by atoms with Crippen molar-refractivity contribution in [1.29, 1.82) is 5.26 Å². The molecule has 1 aliphatic rings. The number of aryl methyl sites for hydroxylation is 1. The van der Waals surface area contributed by atoms with Crippen molar-refractivity contribution in [2.45, 2.75) is 13.0 Å². The Morgan fingerprint density at radius 1 is 1.30 bits per heavy atom. The van der Waals surface area contributed by atoms with Crippen molar-refractivity contribution in [2.75, 3.05) is 31.6 Å². The van der Waals surface area contributed by atoms with E-state index in [0.717, 1.165) is 12.1 Å². The molecule has 0 N–H and O–H groups in total. The van der Waals surface area contributed by atoms with E-state index in [1.165, 1.54) is 0 Å². The molecule has 1 atom stereocenters. The van der Waals surface area contributed by atoms with Gasteiger partial charge in [-0.1, -0.05) is 5.16 Å². The molecule has 0 spiro atoms. The lowest BCUT2D eigenvalue weighted by molar-refractivity contribution is 0.177. The maximum absolute atomic E-state index is 14.2. The molecule has 0 unspecified atom stereocenters. The topological polar surface area (TPSA) is 69.2 Å². The molecule has 0 radical (unpaired) electrons. The van der Waals surface area contributed by atoms with Gasteiger partial charge in [0.2, 0.25) is 5.89 Å². The number of aromatic nitrogens is 2. The van der Waals surface area contributed by atoms with Crippen LogP contribution in [-0.2, 0) is 0 Å². The molecule has 0 aliphatic carbocycles. The second-order valence-electron chi connectivity index (χ2n) is 5.52. The van der Waals surface area contributed by atoms with Crippen LogP contribution >= 0.6 is 0 Å². The molecular formula is C15H15F2N5O. The van der Waals surface area contributed by atoms with Gasteiger partial charge in [0, 0.05) is 19.6 Å². The van der Waals surface area contributed by atoms with Crippen LogP contribution in [0.1, 0.15) is 23.3 Å². The van der Waals surface area contributed by atoms with Crippen molar-refractivity contribution in [3.8, 4) is 6.07 Å². The summed E-state index contributed by atoms with van der Waals surface area (Å²) in [5.41, 5.74) is -0.166. The lowest BCUT2D eigenvalue weighted by Crippen LogP contribution is -2.47. The standard InChI is InChI=1S/C15H15F2N5O/c1-9-19-15(23-20-9)13-8-22(4-3-21(13)2)14-11(16)5-10(7-18)6-12(14)17/h5-6,13H,3-4,8H2,1-2H3/t13-/m0/s1. The van der Waals surface area contributed by atoms with Gasteiger partial charge in [-0.3, -0.25) is 4.90 Å². The molecular weight excluding hydrogens is 304 g/mol. The third-order valence-electron chi connectivity index (χ3n) is 3.94. The van der Waals surface area contributed by atoms with Gasteiger partial charge >= 0.3 is 0 Å². The van der Waals surface area contributed by atoms with E-state index in [0.29, 0.717) is 31.3 Å². The Morgan fingerprint density at radius 3 is 2.57 bits per heavy atom. The average Bonchev–Trinajstić information content (AvgIpc) is 2.94. The van der Waals surface area contributed by atoms with Crippen LogP contribution in [0.4, 0.5) is 14.5 Å². The van der Waals surface area contributed by atoms with E-state index in [9.17, 15) is 8.78 Å². The number of likely N-dealkylation sites (N-methyl/N-ethyl adjacent to an activating group) is 1. The molecule has 0 bridgehead atoms. The van der Waals surface area contributed by atoms with Gasteiger partial charge in [-0.15, -0.1) is 0 Å². The minimum atomic E-state index is -0.744. The highest BCUT2D eigenvalue weighted by Crippen LogP contribution is 2.30. The molecule has 3 rings (SSSR count). The lowest BCUT2D eigenvalue weighted by Gasteiger charge is -2.39. The van der Waals surface area contributed by atoms with Gasteiger partial charge in [-0.05, 0) is 26.1 Å². The van der Waals surface area contributed by atoms with Crippen LogP contribution in [0.5, 0.6) is 0 Å². The summed E-state index contributed by atoms with van der Waals surface area (Å²) in [7, 11) is 1.90. The molecule has 1 aliphatic heterocycles. The molecule has 120 valence electrons. The molecule has 0 amide bonds. The van der Waals surface area contributed by atoms with Crippen LogP contribution in [0, 0.1) is 29.9 Å². The largest absolute Gasteiger partial charge is 0.363 e. The predicted octanol–water partition coefficient (Wildman–Crippen LogP) is 2.02. The zero-order valence-electron chi connectivity index (χ0n) is 12.8. The number of hydrogen-bond acceptors (Lipinski definition) is 6. The number of benzene rings is 1. The van der Waals surface area contributed by atoms with Gasteiger partial charge in [0.05, 0.1) is 11.6 Å². The van der Waals surface area contributed by atoms with Crippen LogP contribution in [0.2, 0.25) is 0 Å². The monoisotopic (exact) mass is 319 g/mol. The number of rotatable bonds is 2. The van der Waals surface area contributed by atoms with E-state index in [-0.39, 0.29) is 17.3 Å². The Bertz CT molecular complexity index is 746. The Kier molecular flexibility index (Phi) is 3.96. The first-order chi connectivity index (χ1) is 11.0. The second-order valence-corrected chi connectivity index (χ2v) is 5.52. The minimum absolute atomic E-state index is 0.0399. The maximum Gasteiger partial charge on any atom is 0.245 e. The van der Waals surface area contributed by atoms with Crippen molar-refractivity contribution < 1.29 is 13.3 Å². The lowest BCUT2D eigenvalue weighted by atomic mass is 10.1. The highest BCUT2D eigenvalue weighted by Gasteiger charge is 2.32. The molecule has 6 nitrogen and oxygen atoms in total. The summed E-state index contributed by atoms with van der Waals surface area (Å²) >= 11 is 0. The maximum atomic E-state index is 14.2. The first kappa shape index (κ1) is 15.4. The van der Waals surface area contributed by atoms with Gasteiger partial charge in [-0.2, -0.15) is 10.2 Å². The predicted molar refractivity (Wildman–Crippen MR) is 77.7 cm³/mol. The number of halogens is 2. The molecule has 2 aromatic rings. The fourth-order valence-electron chi connectivity index (χ4n) is 2.72. The van der Waals surface area contributed by atoms with Crippen molar-refractivity contribution in [3.05, 3.63) is 41.0 Å². The smallest absolute Gasteiger partial charge is 0.245 e. The number of nitrogens with zero attached hydrogens (tertiary/aromatic N) is 5. The zero-order valence-corrected chi connectivity index (χ0v) is 12.8. The first-order valence-corrected chi connectivity index (χ1v) is 7.14. The third-order valence-corrected chi connectivity index (χ3v) is 3.94. The summed E-state index contributed by atoms with van der Waals surface area (Å²) in [6.45, 7) is 3.08. The Morgan fingerprint density at radius 2 is 2.00 bits per heavy atom. The summed E-state index contributed by atoms with van der Waals surface area (Å²) in [4.78, 5) is 7.82. The molecule has 23 heavy (non-hydrogen) atoms. The molecule has 2 heterocycles. The van der Waals surface area contributed by atoms with E-state index in [4.69, 9.17) is 9.78 Å². The highest BCUT2D eigenvalue weighted by atomic mass is 19.1. The highest BCUT2D eigenvalue weighted by molar-refractivity contribution is 5.53. The van der Waals surface area contributed by atoms with E-state index >= 15 is 0 Å². The van der Waals surface area contributed by atoms with E-state index in [2.05, 4.69) is 10.1 Å². The summed E-state index contributed by atoms with van der Waals surface area (Å²) < 4.78 is 33.6. The molecule has 1 aromatic heterocycles. The normalized spacial score (nSPS) is 18.9. The Balaban J connectivity index is 1.91. The fourth-order valence-corrected chi connectivity index (χ4v) is 2.72. The van der Waals surface area contributed by atoms with Gasteiger partial charge in [0.25, 0.3) is 0 Å². The van der Waals surface area contributed by atoms with E-state index in [1.54, 1.807) is 17.9 Å². The minimum Gasteiger partial charge on any atom is -0.363 e. The van der Waals surface area contributed by atoms with Crippen LogP contribution in [0.15, 0.2) is 16.7 Å². The summed E-state index contributed by atoms with van der Waals surface area (Å²) in [5.74, 6) is -0.552. The number of nitriles is 1. The van der Waals surface area contributed by atoms with Gasteiger partial charge in [0.1, 0.15) is 11.7 Å². The van der Waals surface area contributed by atoms with Crippen LogP contribution < -0.4 is 4.90 Å². The van der Waals surface area contributed by atoms with Gasteiger partial charge in [0.15, 0.2) is 17.5 Å². The summed E-state index contributed by atoms with van der Waals surface area (Å²) in [6.07, 6.45) is 0. The molecule has 1 aromatic carbocycles. The van der Waals surface area contributed by atoms with Crippen molar-refractivity contribution in [3.63, 3.8) is 0 Å².